The molecular formula is C14H22N2O5. The third-order valence-electron chi connectivity index (χ3n) is 3.47. The first-order valence-corrected chi connectivity index (χ1v) is 7.11. The summed E-state index contributed by atoms with van der Waals surface area (Å²) in [6, 6.07) is 0. The van der Waals surface area contributed by atoms with Crippen molar-refractivity contribution in [2.75, 3.05) is 13.1 Å². The molecule has 0 bridgehead atoms. The van der Waals surface area contributed by atoms with Gasteiger partial charge in [0, 0.05) is 19.6 Å². The second-order valence-electron chi connectivity index (χ2n) is 6.38. The van der Waals surface area contributed by atoms with Gasteiger partial charge in [-0.3, -0.25) is 0 Å². The van der Waals surface area contributed by atoms with Crippen molar-refractivity contribution in [2.45, 2.75) is 45.8 Å². The summed E-state index contributed by atoms with van der Waals surface area (Å²) in [5.41, 5.74) is -0.496. The van der Waals surface area contributed by atoms with Crippen LogP contribution in [0.2, 0.25) is 0 Å². The topological polar surface area (TPSA) is 84.9 Å². The first kappa shape index (κ1) is 15.5. The number of nitrogens with zero attached hydrogens (tertiary/aromatic N) is 2. The second-order valence-corrected chi connectivity index (χ2v) is 6.38. The molecule has 1 saturated heterocycles. The maximum absolute atomic E-state index is 11.9. The number of oxazole rings is 1. The summed E-state index contributed by atoms with van der Waals surface area (Å²) in [4.78, 5) is 25.0. The predicted octanol–water partition coefficient (Wildman–Crippen LogP) is 1.79. The normalized spacial score (nSPS) is 17.0. The molecule has 2 rings (SSSR count). The van der Waals surface area contributed by atoms with Gasteiger partial charge in [-0.1, -0.05) is 0 Å². The molecule has 0 atom stereocenters. The van der Waals surface area contributed by atoms with Crippen molar-refractivity contribution in [3.63, 3.8) is 0 Å². The van der Waals surface area contributed by atoms with E-state index >= 15 is 0 Å². The Bertz CT molecular complexity index is 546. The van der Waals surface area contributed by atoms with E-state index in [0.29, 0.717) is 19.6 Å². The fraction of sp³-hybridized carbons (Fsp3) is 0.714. The number of ether oxygens (including phenoxy) is 1. The van der Waals surface area contributed by atoms with Gasteiger partial charge in [-0.2, -0.15) is 0 Å². The maximum Gasteiger partial charge on any atom is 0.421 e. The lowest BCUT2D eigenvalue weighted by atomic mass is 9.97. The minimum atomic E-state index is -0.554. The van der Waals surface area contributed by atoms with Crippen LogP contribution in [0.4, 0.5) is 4.79 Å². The molecule has 1 fully saturated rings. The summed E-state index contributed by atoms with van der Waals surface area (Å²) in [7, 11) is 0. The van der Waals surface area contributed by atoms with Crippen LogP contribution in [0.5, 0.6) is 5.88 Å². The van der Waals surface area contributed by atoms with Gasteiger partial charge in [-0.25, -0.2) is 14.2 Å². The molecule has 7 nitrogen and oxygen atoms in total. The van der Waals surface area contributed by atoms with Gasteiger partial charge in [0.05, 0.1) is 0 Å². The number of piperidine rings is 1. The van der Waals surface area contributed by atoms with Crippen molar-refractivity contribution in [3.8, 4) is 5.88 Å². The van der Waals surface area contributed by atoms with Gasteiger partial charge in [-0.15, -0.1) is 0 Å². The molecule has 1 amide bonds. The molecule has 0 saturated carbocycles. The van der Waals surface area contributed by atoms with Gasteiger partial charge in [0.15, 0.2) is 6.26 Å². The molecule has 0 unspecified atom stereocenters. The SMILES string of the molecule is CC(C)(C)OC(=O)N1CCC(Cn2c(O)coc2=O)CC1. The molecule has 0 radical (unpaired) electrons. The third kappa shape index (κ3) is 4.03. The van der Waals surface area contributed by atoms with Crippen LogP contribution in [-0.2, 0) is 11.3 Å². The van der Waals surface area contributed by atoms with E-state index in [1.54, 1.807) is 4.90 Å². The molecule has 2 heterocycles. The monoisotopic (exact) mass is 298 g/mol. The van der Waals surface area contributed by atoms with E-state index in [4.69, 9.17) is 4.74 Å². The Labute approximate surface area is 123 Å². The highest BCUT2D eigenvalue weighted by Crippen LogP contribution is 2.22. The summed E-state index contributed by atoms with van der Waals surface area (Å²) in [5.74, 6) is -0.485. The van der Waals surface area contributed by atoms with E-state index in [1.165, 1.54) is 4.57 Å². The van der Waals surface area contributed by atoms with Gasteiger partial charge in [0.1, 0.15) is 5.60 Å². The first-order chi connectivity index (χ1) is 9.76. The molecule has 7 heteroatoms. The molecule has 1 aliphatic heterocycles. The van der Waals surface area contributed by atoms with Crippen molar-refractivity contribution in [1.82, 2.24) is 9.47 Å². The van der Waals surface area contributed by atoms with Crippen LogP contribution in [-0.4, -0.2) is 39.4 Å². The van der Waals surface area contributed by atoms with E-state index in [0.717, 1.165) is 19.1 Å². The van der Waals surface area contributed by atoms with E-state index in [-0.39, 0.29) is 17.9 Å². The average Bonchev–Trinajstić information content (AvgIpc) is 2.69. The summed E-state index contributed by atoms with van der Waals surface area (Å²) < 4.78 is 11.2. The van der Waals surface area contributed by atoms with Crippen molar-refractivity contribution in [1.29, 1.82) is 0 Å². The van der Waals surface area contributed by atoms with Crippen molar-refractivity contribution in [3.05, 3.63) is 16.8 Å². The van der Waals surface area contributed by atoms with Gasteiger partial charge in [0.25, 0.3) is 0 Å². The van der Waals surface area contributed by atoms with Gasteiger partial charge in [-0.05, 0) is 39.5 Å². The molecule has 1 aliphatic rings. The van der Waals surface area contributed by atoms with Crippen LogP contribution < -0.4 is 5.76 Å². The van der Waals surface area contributed by atoms with Crippen LogP contribution in [0.1, 0.15) is 33.6 Å². The Morgan fingerprint density at radius 3 is 2.52 bits per heavy atom. The summed E-state index contributed by atoms with van der Waals surface area (Å²) in [5, 5.41) is 9.51. The van der Waals surface area contributed by atoms with Crippen LogP contribution in [0.25, 0.3) is 0 Å². The Morgan fingerprint density at radius 1 is 1.43 bits per heavy atom. The molecule has 21 heavy (non-hydrogen) atoms. The third-order valence-corrected chi connectivity index (χ3v) is 3.47. The smallest absolute Gasteiger partial charge is 0.421 e. The quantitative estimate of drug-likeness (QED) is 0.899. The zero-order valence-electron chi connectivity index (χ0n) is 12.7. The summed E-state index contributed by atoms with van der Waals surface area (Å²) in [6.45, 7) is 7.10. The van der Waals surface area contributed by atoms with Gasteiger partial charge >= 0.3 is 11.8 Å². The highest BCUT2D eigenvalue weighted by molar-refractivity contribution is 5.68. The lowest BCUT2D eigenvalue weighted by molar-refractivity contribution is 0.0176. The van der Waals surface area contributed by atoms with Crippen LogP contribution >= 0.6 is 0 Å². The van der Waals surface area contributed by atoms with Crippen LogP contribution in [0.3, 0.4) is 0 Å². The molecule has 1 aromatic heterocycles. The second kappa shape index (κ2) is 5.83. The predicted molar refractivity (Wildman–Crippen MR) is 75.2 cm³/mol. The largest absolute Gasteiger partial charge is 0.492 e. The van der Waals surface area contributed by atoms with Gasteiger partial charge in [0.2, 0.25) is 5.88 Å². The first-order valence-electron chi connectivity index (χ1n) is 7.11. The lowest BCUT2D eigenvalue weighted by Crippen LogP contribution is -2.42. The number of amides is 1. The molecule has 0 aromatic carbocycles. The van der Waals surface area contributed by atoms with E-state index in [1.807, 2.05) is 20.8 Å². The van der Waals surface area contributed by atoms with E-state index in [2.05, 4.69) is 4.42 Å². The van der Waals surface area contributed by atoms with E-state index < -0.39 is 11.4 Å². The number of rotatable bonds is 2. The minimum Gasteiger partial charge on any atom is -0.492 e. The number of carbonyl (C=O) groups is 1. The maximum atomic E-state index is 11.9. The van der Waals surface area contributed by atoms with Crippen molar-refractivity contribution in [2.24, 2.45) is 5.92 Å². The van der Waals surface area contributed by atoms with Gasteiger partial charge < -0.3 is 19.2 Å². The minimum absolute atomic E-state index is 0.158. The Kier molecular flexibility index (Phi) is 4.29. The summed E-state index contributed by atoms with van der Waals surface area (Å²) >= 11 is 0. The Hall–Kier alpha value is -1.92. The zero-order chi connectivity index (χ0) is 15.6. The molecule has 1 N–H and O–H groups in total. The number of aromatic nitrogens is 1. The number of aromatic hydroxyl groups is 1. The molecule has 0 aliphatic carbocycles. The zero-order valence-corrected chi connectivity index (χ0v) is 12.7. The fourth-order valence-corrected chi connectivity index (χ4v) is 2.37. The van der Waals surface area contributed by atoms with Crippen LogP contribution in [0, 0.1) is 5.92 Å². The molecule has 1 aromatic rings. The molecule has 0 spiro atoms. The average molecular weight is 298 g/mol. The van der Waals surface area contributed by atoms with E-state index in [9.17, 15) is 14.7 Å². The molecule has 118 valence electrons. The molecular weight excluding hydrogens is 276 g/mol. The standard InChI is InChI=1S/C14H22N2O5/c1-14(2,3)21-12(18)15-6-4-10(5-7-15)8-16-11(17)9-20-13(16)19/h9-10,17H,4-8H2,1-3H3. The lowest BCUT2D eigenvalue weighted by Gasteiger charge is -2.33. The fourth-order valence-electron chi connectivity index (χ4n) is 2.37. The van der Waals surface area contributed by atoms with Crippen molar-refractivity contribution < 1.29 is 19.1 Å². The number of likely N-dealkylation sites (tertiary alicyclic amines) is 1. The number of hydrogen-bond donors (Lipinski definition) is 1. The summed E-state index contributed by atoms with van der Waals surface area (Å²) in [6.07, 6.45) is 2.26. The van der Waals surface area contributed by atoms with Crippen molar-refractivity contribution >= 4 is 6.09 Å². The highest BCUT2D eigenvalue weighted by Gasteiger charge is 2.27. The Morgan fingerprint density at radius 2 is 2.05 bits per heavy atom. The van der Waals surface area contributed by atoms with Crippen LogP contribution in [0.15, 0.2) is 15.5 Å². The Balaban J connectivity index is 1.86. The highest BCUT2D eigenvalue weighted by atomic mass is 16.6. The number of hydrogen-bond acceptors (Lipinski definition) is 5. The number of carbonyl (C=O) groups excluding carboxylic acids is 1.